The van der Waals surface area contributed by atoms with Gasteiger partial charge in [-0.2, -0.15) is 0 Å². The fourth-order valence-electron chi connectivity index (χ4n) is 1.28. The molecule has 0 spiro atoms. The molecule has 0 aliphatic heterocycles. The summed E-state index contributed by atoms with van der Waals surface area (Å²) < 4.78 is 6.23. The van der Waals surface area contributed by atoms with Gasteiger partial charge in [-0.05, 0) is 12.1 Å². The smallest absolute Gasteiger partial charge is 0.139 e. The minimum atomic E-state index is 0.662. The Morgan fingerprint density at radius 3 is 2.92 bits per heavy atom. The second-order valence-electron chi connectivity index (χ2n) is 2.67. The molecule has 0 radical (unpaired) electrons. The summed E-state index contributed by atoms with van der Waals surface area (Å²) >= 11 is 7.44. The maximum atomic E-state index is 5.86. The van der Waals surface area contributed by atoms with Crippen LogP contribution in [0, 0.1) is 0 Å². The summed E-state index contributed by atoms with van der Waals surface area (Å²) in [6.45, 7) is 0. The minimum Gasteiger partial charge on any atom is -0.495 e. The predicted octanol–water partition coefficient (Wildman–Crippen LogP) is 3.15. The van der Waals surface area contributed by atoms with Crippen molar-refractivity contribution < 1.29 is 4.74 Å². The third-order valence-electron chi connectivity index (χ3n) is 1.86. The second-order valence-corrected chi connectivity index (χ2v) is 4.02. The number of thiophene rings is 1. The molecule has 1 heterocycles. The summed E-state index contributed by atoms with van der Waals surface area (Å²) in [5.41, 5.74) is 6.49. The van der Waals surface area contributed by atoms with E-state index in [1.807, 2.05) is 11.4 Å². The highest BCUT2D eigenvalue weighted by Gasteiger charge is 2.08. The fraction of sp³-hybridized carbons (Fsp3) is 0.111. The molecule has 1 aromatic heterocycles. The molecule has 13 heavy (non-hydrogen) atoms. The molecule has 0 atom stereocenters. The average molecular weight is 214 g/mol. The number of nitrogen functional groups attached to an aromatic ring is 1. The average Bonchev–Trinajstić information content (AvgIpc) is 2.47. The van der Waals surface area contributed by atoms with Gasteiger partial charge in [0.1, 0.15) is 5.75 Å². The van der Waals surface area contributed by atoms with Crippen molar-refractivity contribution in [2.24, 2.45) is 0 Å². The van der Waals surface area contributed by atoms with Crippen molar-refractivity contribution in [2.45, 2.75) is 0 Å². The number of methoxy groups -OCH3 is 1. The van der Waals surface area contributed by atoms with Crippen LogP contribution in [0.2, 0.25) is 5.02 Å². The molecular weight excluding hydrogens is 206 g/mol. The molecule has 0 bridgehead atoms. The van der Waals surface area contributed by atoms with E-state index in [9.17, 15) is 0 Å². The third kappa shape index (κ3) is 1.34. The molecule has 0 fully saturated rings. The lowest BCUT2D eigenvalue weighted by Crippen LogP contribution is -1.87. The Labute approximate surface area is 84.9 Å². The molecule has 0 aliphatic rings. The zero-order chi connectivity index (χ0) is 9.42. The molecule has 2 rings (SSSR count). The first-order chi connectivity index (χ1) is 6.22. The van der Waals surface area contributed by atoms with Crippen LogP contribution in [0.15, 0.2) is 17.5 Å². The SMILES string of the molecule is COc1csc2cc(Cl)cc(N)c12. The van der Waals surface area contributed by atoms with E-state index in [0.29, 0.717) is 10.7 Å². The topological polar surface area (TPSA) is 35.2 Å². The van der Waals surface area contributed by atoms with E-state index < -0.39 is 0 Å². The number of rotatable bonds is 1. The van der Waals surface area contributed by atoms with Gasteiger partial charge in [0.25, 0.3) is 0 Å². The summed E-state index contributed by atoms with van der Waals surface area (Å²) in [6, 6.07) is 3.62. The molecule has 2 N–H and O–H groups in total. The van der Waals surface area contributed by atoms with Crippen molar-refractivity contribution in [3.63, 3.8) is 0 Å². The molecule has 0 saturated heterocycles. The van der Waals surface area contributed by atoms with Gasteiger partial charge >= 0.3 is 0 Å². The van der Waals surface area contributed by atoms with E-state index in [1.165, 1.54) is 0 Å². The number of anilines is 1. The van der Waals surface area contributed by atoms with Crippen molar-refractivity contribution in [3.8, 4) is 5.75 Å². The van der Waals surface area contributed by atoms with E-state index in [1.54, 1.807) is 24.5 Å². The monoisotopic (exact) mass is 213 g/mol. The molecule has 0 unspecified atom stereocenters. The van der Waals surface area contributed by atoms with E-state index in [0.717, 1.165) is 15.8 Å². The first-order valence-electron chi connectivity index (χ1n) is 3.72. The zero-order valence-electron chi connectivity index (χ0n) is 7.00. The minimum absolute atomic E-state index is 0.662. The number of fused-ring (bicyclic) bond motifs is 1. The van der Waals surface area contributed by atoms with Crippen LogP contribution < -0.4 is 10.5 Å². The van der Waals surface area contributed by atoms with Gasteiger partial charge in [0.05, 0.1) is 12.5 Å². The number of nitrogens with two attached hydrogens (primary N) is 1. The van der Waals surface area contributed by atoms with E-state index in [-0.39, 0.29) is 0 Å². The molecule has 2 aromatic rings. The first kappa shape index (κ1) is 8.66. The Morgan fingerprint density at radius 2 is 2.23 bits per heavy atom. The Balaban J connectivity index is 2.82. The van der Waals surface area contributed by atoms with Gasteiger partial charge in [0, 0.05) is 20.8 Å². The maximum Gasteiger partial charge on any atom is 0.139 e. The Morgan fingerprint density at radius 1 is 1.46 bits per heavy atom. The standard InChI is InChI=1S/C9H8ClNOS/c1-12-7-4-13-8-3-5(10)2-6(11)9(7)8/h2-4H,11H2,1H3. The van der Waals surface area contributed by atoms with Gasteiger partial charge in [-0.1, -0.05) is 11.6 Å². The van der Waals surface area contributed by atoms with Gasteiger partial charge in [-0.3, -0.25) is 0 Å². The number of hydrogen-bond donors (Lipinski definition) is 1. The highest BCUT2D eigenvalue weighted by Crippen LogP contribution is 2.37. The molecule has 0 aliphatic carbocycles. The lowest BCUT2D eigenvalue weighted by Gasteiger charge is -2.00. The lowest BCUT2D eigenvalue weighted by molar-refractivity contribution is 0.421. The molecule has 68 valence electrons. The van der Waals surface area contributed by atoms with Gasteiger partial charge in [-0.15, -0.1) is 11.3 Å². The summed E-state index contributed by atoms with van der Waals surface area (Å²) in [6.07, 6.45) is 0. The molecule has 4 heteroatoms. The Kier molecular flexibility index (Phi) is 2.06. The van der Waals surface area contributed by atoms with E-state index in [4.69, 9.17) is 22.1 Å². The van der Waals surface area contributed by atoms with Gasteiger partial charge in [-0.25, -0.2) is 0 Å². The van der Waals surface area contributed by atoms with Gasteiger partial charge in [0.15, 0.2) is 0 Å². The van der Waals surface area contributed by atoms with Crippen LogP contribution in [0.4, 0.5) is 5.69 Å². The summed E-state index contributed by atoms with van der Waals surface area (Å²) in [5.74, 6) is 0.814. The molecule has 0 saturated carbocycles. The van der Waals surface area contributed by atoms with Crippen molar-refractivity contribution in [1.82, 2.24) is 0 Å². The van der Waals surface area contributed by atoms with Gasteiger partial charge < -0.3 is 10.5 Å². The largest absolute Gasteiger partial charge is 0.495 e. The summed E-state index contributed by atoms with van der Waals surface area (Å²) in [7, 11) is 1.63. The van der Waals surface area contributed by atoms with Crippen molar-refractivity contribution in [3.05, 3.63) is 22.5 Å². The van der Waals surface area contributed by atoms with E-state index in [2.05, 4.69) is 0 Å². The number of halogens is 1. The zero-order valence-corrected chi connectivity index (χ0v) is 8.58. The lowest BCUT2D eigenvalue weighted by atomic mass is 10.2. The van der Waals surface area contributed by atoms with Crippen LogP contribution in [0.25, 0.3) is 10.1 Å². The quantitative estimate of drug-likeness (QED) is 0.739. The molecule has 2 nitrogen and oxygen atoms in total. The molecule has 1 aromatic carbocycles. The number of ether oxygens (including phenoxy) is 1. The number of hydrogen-bond acceptors (Lipinski definition) is 3. The molecule has 0 amide bonds. The summed E-state index contributed by atoms with van der Waals surface area (Å²) in [5, 5.41) is 3.54. The highest BCUT2D eigenvalue weighted by molar-refractivity contribution is 7.17. The van der Waals surface area contributed by atoms with Crippen LogP contribution in [-0.2, 0) is 0 Å². The normalized spacial score (nSPS) is 10.6. The third-order valence-corrected chi connectivity index (χ3v) is 2.98. The van der Waals surface area contributed by atoms with Crippen molar-refractivity contribution >= 4 is 38.7 Å². The van der Waals surface area contributed by atoms with Crippen molar-refractivity contribution in [1.29, 1.82) is 0 Å². The Hall–Kier alpha value is -0.930. The van der Waals surface area contributed by atoms with E-state index >= 15 is 0 Å². The van der Waals surface area contributed by atoms with Crippen molar-refractivity contribution in [2.75, 3.05) is 12.8 Å². The predicted molar refractivity (Wildman–Crippen MR) is 57.8 cm³/mol. The fourth-order valence-corrected chi connectivity index (χ4v) is 2.56. The molecular formula is C9H8ClNOS. The first-order valence-corrected chi connectivity index (χ1v) is 4.98. The second kappa shape index (κ2) is 3.09. The van der Waals surface area contributed by atoms with Crippen LogP contribution in [0.1, 0.15) is 0 Å². The van der Waals surface area contributed by atoms with Crippen LogP contribution in [0.5, 0.6) is 5.75 Å². The number of benzene rings is 1. The highest BCUT2D eigenvalue weighted by atomic mass is 35.5. The van der Waals surface area contributed by atoms with Crippen LogP contribution >= 0.6 is 22.9 Å². The van der Waals surface area contributed by atoms with Crippen LogP contribution in [-0.4, -0.2) is 7.11 Å². The summed E-state index contributed by atoms with van der Waals surface area (Å²) in [4.78, 5) is 0. The Bertz CT molecular complexity index is 452. The van der Waals surface area contributed by atoms with Gasteiger partial charge in [0.2, 0.25) is 0 Å². The maximum absolute atomic E-state index is 5.86. The van der Waals surface area contributed by atoms with Crippen LogP contribution in [0.3, 0.4) is 0 Å².